The quantitative estimate of drug-likeness (QED) is 0.683. The molecule has 6 nitrogen and oxygen atoms in total. The van der Waals surface area contributed by atoms with Gasteiger partial charge in [-0.05, 0) is 24.5 Å². The maximum atomic E-state index is 14.3. The molecule has 4 rings (SSSR count). The monoisotopic (exact) mass is 445 g/mol. The van der Waals surface area contributed by atoms with Gasteiger partial charge >= 0.3 is 0 Å². The number of rotatable bonds is 6. The van der Waals surface area contributed by atoms with Crippen LogP contribution in [0, 0.1) is 5.82 Å². The largest absolute Gasteiger partial charge is 0.486 e. The maximum Gasteiger partial charge on any atom is 0.290 e. The molecule has 2 aromatic carbocycles. The molecule has 0 spiro atoms. The van der Waals surface area contributed by atoms with Crippen molar-refractivity contribution in [3.63, 3.8) is 0 Å². The fourth-order valence-corrected chi connectivity index (χ4v) is 5.28. The van der Waals surface area contributed by atoms with Gasteiger partial charge in [0, 0.05) is 25.3 Å². The Morgan fingerprint density at radius 3 is 2.52 bits per heavy atom. The molecule has 2 aliphatic rings. The number of halogens is 1. The Morgan fingerprint density at radius 1 is 1.06 bits per heavy atom. The van der Waals surface area contributed by atoms with Gasteiger partial charge < -0.3 is 14.4 Å². The molecule has 2 aromatic rings. The number of carbonyl (C=O) groups is 1. The van der Waals surface area contributed by atoms with E-state index in [1.807, 2.05) is 0 Å². The first-order valence-corrected chi connectivity index (χ1v) is 11.9. The summed E-state index contributed by atoms with van der Waals surface area (Å²) < 4.78 is 51.4. The van der Waals surface area contributed by atoms with Gasteiger partial charge in [0.2, 0.25) is 5.76 Å². The summed E-state index contributed by atoms with van der Waals surface area (Å²) in [5.41, 5.74) is 0.739. The Balaban J connectivity index is 1.74. The van der Waals surface area contributed by atoms with Gasteiger partial charge in [-0.1, -0.05) is 48.5 Å². The Kier molecular flexibility index (Phi) is 6.38. The van der Waals surface area contributed by atoms with Gasteiger partial charge in [0.05, 0.1) is 11.9 Å². The van der Waals surface area contributed by atoms with Crippen LogP contribution in [0.2, 0.25) is 0 Å². The average Bonchev–Trinajstić information content (AvgIpc) is 3.27. The van der Waals surface area contributed by atoms with E-state index in [2.05, 4.69) is 0 Å². The molecule has 2 aliphatic heterocycles. The normalized spacial score (nSPS) is 20.4. The summed E-state index contributed by atoms with van der Waals surface area (Å²) in [5.74, 6) is -1.43. The second kappa shape index (κ2) is 9.20. The average molecular weight is 446 g/mol. The number of ether oxygens (including phenoxy) is 2. The van der Waals surface area contributed by atoms with Crippen molar-refractivity contribution in [3.05, 3.63) is 77.3 Å². The molecule has 0 saturated carbocycles. The van der Waals surface area contributed by atoms with E-state index < -0.39 is 21.6 Å². The van der Waals surface area contributed by atoms with Gasteiger partial charge in [-0.3, -0.25) is 4.79 Å². The van der Waals surface area contributed by atoms with Crippen molar-refractivity contribution in [2.45, 2.75) is 25.5 Å². The van der Waals surface area contributed by atoms with E-state index in [9.17, 15) is 17.6 Å². The molecule has 0 N–H and O–H groups in total. The summed E-state index contributed by atoms with van der Waals surface area (Å²) in [7, 11) is -3.71. The lowest BCUT2D eigenvalue weighted by Gasteiger charge is -2.29. The van der Waals surface area contributed by atoms with Crippen molar-refractivity contribution in [2.24, 2.45) is 0 Å². The van der Waals surface area contributed by atoms with E-state index in [-0.39, 0.29) is 42.2 Å². The number of amides is 1. The van der Waals surface area contributed by atoms with Crippen LogP contribution in [0.5, 0.6) is 0 Å². The zero-order chi connectivity index (χ0) is 21.8. The van der Waals surface area contributed by atoms with Crippen LogP contribution in [-0.2, 0) is 30.7 Å². The minimum absolute atomic E-state index is 0.0135. The zero-order valence-electron chi connectivity index (χ0n) is 17.0. The molecule has 0 aliphatic carbocycles. The molecule has 0 bridgehead atoms. The van der Waals surface area contributed by atoms with Gasteiger partial charge in [-0.2, -0.15) is 0 Å². The highest BCUT2D eigenvalue weighted by Gasteiger charge is 2.36. The Hall–Kier alpha value is -2.71. The lowest BCUT2D eigenvalue weighted by Crippen LogP contribution is -2.40. The summed E-state index contributed by atoms with van der Waals surface area (Å²) in [4.78, 5) is 14.9. The van der Waals surface area contributed by atoms with E-state index in [1.165, 1.54) is 11.0 Å². The highest BCUT2D eigenvalue weighted by atomic mass is 32.2. The number of nitrogens with zero attached hydrogens (tertiary/aromatic N) is 1. The maximum absolute atomic E-state index is 14.3. The predicted octanol–water partition coefficient (Wildman–Crippen LogP) is 3.15. The first-order chi connectivity index (χ1) is 15.0. The smallest absolute Gasteiger partial charge is 0.290 e. The van der Waals surface area contributed by atoms with Crippen LogP contribution in [0.3, 0.4) is 0 Å². The lowest BCUT2D eigenvalue weighted by molar-refractivity contribution is -0.133. The second-order valence-corrected chi connectivity index (χ2v) is 9.65. The lowest BCUT2D eigenvalue weighted by atomic mass is 10.1. The third-order valence-electron chi connectivity index (χ3n) is 5.40. The van der Waals surface area contributed by atoms with Gasteiger partial charge in [0.1, 0.15) is 17.3 Å². The second-order valence-electron chi connectivity index (χ2n) is 7.60. The third-order valence-corrected chi connectivity index (χ3v) is 7.15. The van der Waals surface area contributed by atoms with E-state index in [0.717, 1.165) is 12.8 Å². The van der Waals surface area contributed by atoms with Crippen molar-refractivity contribution in [1.29, 1.82) is 0 Å². The summed E-state index contributed by atoms with van der Waals surface area (Å²) >= 11 is 0. The molecule has 8 heteroatoms. The van der Waals surface area contributed by atoms with Gasteiger partial charge in [0.25, 0.3) is 5.91 Å². The molecule has 164 valence electrons. The van der Waals surface area contributed by atoms with Gasteiger partial charge in [0.15, 0.2) is 9.84 Å². The standard InChI is InChI=1S/C23H24FNO5S/c24-20-11-5-4-9-18(20)15-25(16-19-10-6-12-29-19)23(26)21-22(17-7-2-1-3-8-17)31(27,28)14-13-30-21/h1-5,7-9,11,19H,6,10,12-16H2/t19-/m0/s1. The molecule has 0 unspecified atom stereocenters. The Morgan fingerprint density at radius 2 is 1.81 bits per heavy atom. The van der Waals surface area contributed by atoms with Crippen molar-refractivity contribution in [2.75, 3.05) is 25.5 Å². The molecule has 31 heavy (non-hydrogen) atoms. The zero-order valence-corrected chi connectivity index (χ0v) is 17.8. The van der Waals surface area contributed by atoms with Crippen molar-refractivity contribution in [3.8, 4) is 0 Å². The molecule has 1 saturated heterocycles. The van der Waals surface area contributed by atoms with Gasteiger partial charge in [-0.25, -0.2) is 12.8 Å². The number of hydrogen-bond donors (Lipinski definition) is 0. The highest BCUT2D eigenvalue weighted by Crippen LogP contribution is 2.31. The van der Waals surface area contributed by atoms with Crippen LogP contribution in [-0.4, -0.2) is 50.8 Å². The highest BCUT2D eigenvalue weighted by molar-refractivity contribution is 8.00. The SMILES string of the molecule is O=C(C1=C(c2ccccc2)S(=O)(=O)CCO1)N(Cc1ccccc1F)C[C@@H]1CCCO1. The minimum atomic E-state index is -3.71. The molecule has 0 aromatic heterocycles. The molecule has 1 amide bonds. The summed E-state index contributed by atoms with van der Waals surface area (Å²) in [6.45, 7) is 0.713. The first kappa shape index (κ1) is 21.5. The summed E-state index contributed by atoms with van der Waals surface area (Å²) in [6.07, 6.45) is 1.48. The van der Waals surface area contributed by atoms with Crippen molar-refractivity contribution >= 4 is 20.6 Å². The number of carbonyl (C=O) groups excluding carboxylic acids is 1. The molecular weight excluding hydrogens is 421 g/mol. The topological polar surface area (TPSA) is 72.9 Å². The van der Waals surface area contributed by atoms with E-state index >= 15 is 0 Å². The van der Waals surface area contributed by atoms with Crippen molar-refractivity contribution < 1.29 is 27.1 Å². The summed E-state index contributed by atoms with van der Waals surface area (Å²) in [6, 6.07) is 14.7. The fraction of sp³-hybridized carbons (Fsp3) is 0.348. The third kappa shape index (κ3) is 4.80. The first-order valence-electron chi connectivity index (χ1n) is 10.3. The van der Waals surface area contributed by atoms with Crippen LogP contribution in [0.15, 0.2) is 60.4 Å². The molecule has 0 radical (unpaired) electrons. The van der Waals surface area contributed by atoms with E-state index in [0.29, 0.717) is 17.7 Å². The number of hydrogen-bond acceptors (Lipinski definition) is 5. The minimum Gasteiger partial charge on any atom is -0.486 e. The number of benzene rings is 2. The predicted molar refractivity (Wildman–Crippen MR) is 114 cm³/mol. The van der Waals surface area contributed by atoms with Crippen LogP contribution < -0.4 is 0 Å². The van der Waals surface area contributed by atoms with Crippen molar-refractivity contribution in [1.82, 2.24) is 4.90 Å². The Bertz CT molecular complexity index is 1080. The molecule has 1 fully saturated rings. The fourth-order valence-electron chi connectivity index (χ4n) is 3.85. The van der Waals surface area contributed by atoms with Crippen LogP contribution in [0.1, 0.15) is 24.0 Å². The van der Waals surface area contributed by atoms with Gasteiger partial charge in [-0.15, -0.1) is 0 Å². The molecule has 2 heterocycles. The van der Waals surface area contributed by atoms with E-state index in [4.69, 9.17) is 9.47 Å². The van der Waals surface area contributed by atoms with E-state index in [1.54, 1.807) is 48.5 Å². The Labute approximate surface area is 181 Å². The van der Waals surface area contributed by atoms with Crippen LogP contribution in [0.25, 0.3) is 4.91 Å². The summed E-state index contributed by atoms with van der Waals surface area (Å²) in [5, 5.41) is 0. The molecular formula is C23H24FNO5S. The van der Waals surface area contributed by atoms with Crippen LogP contribution in [0.4, 0.5) is 4.39 Å². The van der Waals surface area contributed by atoms with Crippen LogP contribution >= 0.6 is 0 Å². The number of sulfone groups is 1. The molecule has 1 atom stereocenters.